The van der Waals surface area contributed by atoms with Gasteiger partial charge in [-0.1, -0.05) is 46.3 Å². The molecule has 0 aromatic heterocycles. The van der Waals surface area contributed by atoms with Crippen molar-refractivity contribution >= 4 is 21.8 Å². The predicted molar refractivity (Wildman–Crippen MR) is 104 cm³/mol. The molecule has 1 atom stereocenters. The van der Waals surface area contributed by atoms with E-state index in [1.165, 1.54) is 17.5 Å². The zero-order valence-electron chi connectivity index (χ0n) is 14.3. The van der Waals surface area contributed by atoms with Gasteiger partial charge in [0.25, 0.3) is 5.91 Å². The molecule has 1 saturated heterocycles. The van der Waals surface area contributed by atoms with Crippen molar-refractivity contribution in [3.8, 4) is 0 Å². The molecule has 4 heteroatoms. The second kappa shape index (κ2) is 7.30. The molecule has 130 valence electrons. The van der Waals surface area contributed by atoms with Crippen molar-refractivity contribution < 1.29 is 4.79 Å². The zero-order valence-corrected chi connectivity index (χ0v) is 15.9. The van der Waals surface area contributed by atoms with Gasteiger partial charge in [-0.2, -0.15) is 0 Å². The summed E-state index contributed by atoms with van der Waals surface area (Å²) in [5.74, 6) is 0.156. The Kier molecular flexibility index (Phi) is 4.91. The highest BCUT2D eigenvalue weighted by atomic mass is 79.9. The summed E-state index contributed by atoms with van der Waals surface area (Å²) in [6.07, 6.45) is 3.39. The Morgan fingerprint density at radius 2 is 1.88 bits per heavy atom. The number of amides is 1. The van der Waals surface area contributed by atoms with Gasteiger partial charge in [0.1, 0.15) is 0 Å². The van der Waals surface area contributed by atoms with Crippen molar-refractivity contribution in [2.75, 3.05) is 19.6 Å². The molecule has 0 aliphatic carbocycles. The van der Waals surface area contributed by atoms with Crippen molar-refractivity contribution in [3.63, 3.8) is 0 Å². The zero-order chi connectivity index (χ0) is 17.2. The highest BCUT2D eigenvalue weighted by Crippen LogP contribution is 2.25. The van der Waals surface area contributed by atoms with Crippen LogP contribution in [-0.4, -0.2) is 41.4 Å². The topological polar surface area (TPSA) is 23.6 Å². The number of likely N-dealkylation sites (tertiary alicyclic amines) is 1. The standard InChI is InChI=1S/C21H23BrN2O/c22-19-8-3-7-17(13-19)21(25)24-11-4-9-20(15-24)23-12-10-16-5-1-2-6-18(16)14-23/h1-3,5-8,13,20H,4,9-12,14-15H2/t20-/m1/s1. The minimum Gasteiger partial charge on any atom is -0.337 e. The van der Waals surface area contributed by atoms with Crippen molar-refractivity contribution in [3.05, 3.63) is 69.7 Å². The summed E-state index contributed by atoms with van der Waals surface area (Å²) in [6.45, 7) is 3.82. The van der Waals surface area contributed by atoms with Crippen LogP contribution in [0.1, 0.15) is 34.3 Å². The number of hydrogen-bond donors (Lipinski definition) is 0. The Hall–Kier alpha value is -1.65. The molecule has 0 saturated carbocycles. The Morgan fingerprint density at radius 3 is 2.72 bits per heavy atom. The van der Waals surface area contributed by atoms with Gasteiger partial charge in [-0.3, -0.25) is 9.69 Å². The van der Waals surface area contributed by atoms with Gasteiger partial charge < -0.3 is 4.90 Å². The SMILES string of the molecule is O=C(c1cccc(Br)c1)N1CCC[C@@H](N2CCc3ccccc3C2)C1. The summed E-state index contributed by atoms with van der Waals surface area (Å²) in [4.78, 5) is 17.5. The maximum absolute atomic E-state index is 12.9. The monoisotopic (exact) mass is 398 g/mol. The van der Waals surface area contributed by atoms with E-state index in [1.54, 1.807) is 0 Å². The van der Waals surface area contributed by atoms with Gasteiger partial charge in [0.05, 0.1) is 0 Å². The van der Waals surface area contributed by atoms with Crippen LogP contribution in [-0.2, 0) is 13.0 Å². The third-order valence-electron chi connectivity index (χ3n) is 5.43. The minimum atomic E-state index is 0.156. The molecule has 3 nitrogen and oxygen atoms in total. The molecule has 1 amide bonds. The quantitative estimate of drug-likeness (QED) is 0.759. The van der Waals surface area contributed by atoms with E-state index in [2.05, 4.69) is 45.1 Å². The van der Waals surface area contributed by atoms with Gasteiger partial charge in [0.15, 0.2) is 0 Å². The first-order valence-corrected chi connectivity index (χ1v) is 9.86. The lowest BCUT2D eigenvalue weighted by atomic mass is 9.96. The second-order valence-electron chi connectivity index (χ2n) is 7.05. The van der Waals surface area contributed by atoms with Gasteiger partial charge in [-0.15, -0.1) is 0 Å². The molecule has 0 unspecified atom stereocenters. The lowest BCUT2D eigenvalue weighted by Crippen LogP contribution is -2.51. The molecule has 25 heavy (non-hydrogen) atoms. The van der Waals surface area contributed by atoms with Crippen LogP contribution in [0.15, 0.2) is 53.0 Å². The molecule has 2 aromatic rings. The summed E-state index contributed by atoms with van der Waals surface area (Å²) in [7, 11) is 0. The average Bonchev–Trinajstić information content (AvgIpc) is 2.67. The number of hydrogen-bond acceptors (Lipinski definition) is 2. The number of nitrogens with zero attached hydrogens (tertiary/aromatic N) is 2. The third kappa shape index (κ3) is 3.65. The van der Waals surface area contributed by atoms with E-state index in [1.807, 2.05) is 29.2 Å². The molecular weight excluding hydrogens is 376 g/mol. The van der Waals surface area contributed by atoms with E-state index in [4.69, 9.17) is 0 Å². The molecule has 2 aliphatic rings. The number of benzene rings is 2. The summed E-state index contributed by atoms with van der Waals surface area (Å²) < 4.78 is 0.958. The Morgan fingerprint density at radius 1 is 1.04 bits per heavy atom. The Bertz CT molecular complexity index is 776. The van der Waals surface area contributed by atoms with Crippen LogP contribution in [0.2, 0.25) is 0 Å². The van der Waals surface area contributed by atoms with Gasteiger partial charge in [0, 0.05) is 42.3 Å². The van der Waals surface area contributed by atoms with E-state index in [0.717, 1.165) is 49.1 Å². The van der Waals surface area contributed by atoms with Crippen LogP contribution in [0.3, 0.4) is 0 Å². The molecule has 2 aliphatic heterocycles. The number of halogens is 1. The van der Waals surface area contributed by atoms with Crippen LogP contribution in [0.4, 0.5) is 0 Å². The molecule has 4 rings (SSSR count). The molecule has 0 radical (unpaired) electrons. The summed E-state index contributed by atoms with van der Waals surface area (Å²) in [5.41, 5.74) is 3.71. The lowest BCUT2D eigenvalue weighted by Gasteiger charge is -2.41. The van der Waals surface area contributed by atoms with Crippen LogP contribution in [0.5, 0.6) is 0 Å². The summed E-state index contributed by atoms with van der Waals surface area (Å²) >= 11 is 3.47. The Labute approximate surface area is 157 Å². The smallest absolute Gasteiger partial charge is 0.253 e. The van der Waals surface area contributed by atoms with Crippen molar-refractivity contribution in [2.45, 2.75) is 31.8 Å². The van der Waals surface area contributed by atoms with Crippen molar-refractivity contribution in [1.29, 1.82) is 0 Å². The maximum atomic E-state index is 12.9. The highest BCUT2D eigenvalue weighted by Gasteiger charge is 2.30. The molecule has 1 fully saturated rings. The van der Waals surface area contributed by atoms with Crippen molar-refractivity contribution in [1.82, 2.24) is 9.80 Å². The predicted octanol–water partition coefficient (Wildman–Crippen LogP) is 4.11. The summed E-state index contributed by atoms with van der Waals surface area (Å²) in [6, 6.07) is 16.9. The highest BCUT2D eigenvalue weighted by molar-refractivity contribution is 9.10. The number of carbonyl (C=O) groups is 1. The van der Waals surface area contributed by atoms with Gasteiger partial charge in [-0.05, 0) is 48.6 Å². The molecule has 0 N–H and O–H groups in total. The molecule has 2 heterocycles. The summed E-state index contributed by atoms with van der Waals surface area (Å²) in [5, 5.41) is 0. The van der Waals surface area contributed by atoms with Crippen LogP contribution < -0.4 is 0 Å². The Balaban J connectivity index is 1.46. The van der Waals surface area contributed by atoms with E-state index in [0.29, 0.717) is 6.04 Å². The maximum Gasteiger partial charge on any atom is 0.253 e. The van der Waals surface area contributed by atoms with Crippen LogP contribution in [0.25, 0.3) is 0 Å². The average molecular weight is 399 g/mol. The lowest BCUT2D eigenvalue weighted by molar-refractivity contribution is 0.0549. The fraction of sp³-hybridized carbons (Fsp3) is 0.381. The van der Waals surface area contributed by atoms with Gasteiger partial charge >= 0.3 is 0 Å². The molecule has 0 bridgehead atoms. The number of rotatable bonds is 2. The number of fused-ring (bicyclic) bond motifs is 1. The second-order valence-corrected chi connectivity index (χ2v) is 7.96. The van der Waals surface area contributed by atoms with Gasteiger partial charge in [0.2, 0.25) is 0 Å². The number of carbonyl (C=O) groups excluding carboxylic acids is 1. The first-order valence-electron chi connectivity index (χ1n) is 9.06. The molecular formula is C21H23BrN2O. The first kappa shape index (κ1) is 16.8. The van der Waals surface area contributed by atoms with E-state index >= 15 is 0 Å². The van der Waals surface area contributed by atoms with E-state index < -0.39 is 0 Å². The van der Waals surface area contributed by atoms with Crippen LogP contribution in [0, 0.1) is 0 Å². The molecule has 0 spiro atoms. The fourth-order valence-electron chi connectivity index (χ4n) is 4.07. The van der Waals surface area contributed by atoms with E-state index in [9.17, 15) is 4.79 Å². The van der Waals surface area contributed by atoms with E-state index in [-0.39, 0.29) is 5.91 Å². The minimum absolute atomic E-state index is 0.156. The van der Waals surface area contributed by atoms with Crippen LogP contribution >= 0.6 is 15.9 Å². The normalized spacial score (nSPS) is 21.0. The largest absolute Gasteiger partial charge is 0.337 e. The fourth-order valence-corrected chi connectivity index (χ4v) is 4.47. The first-order chi connectivity index (χ1) is 12.2. The molecule has 2 aromatic carbocycles. The third-order valence-corrected chi connectivity index (χ3v) is 5.93. The number of piperidine rings is 1. The van der Waals surface area contributed by atoms with Gasteiger partial charge in [-0.25, -0.2) is 0 Å². The van der Waals surface area contributed by atoms with Crippen molar-refractivity contribution in [2.24, 2.45) is 0 Å².